The molecule has 1 aliphatic rings. The molecule has 0 aromatic heterocycles. The number of rotatable bonds is 13. The van der Waals surface area contributed by atoms with Crippen molar-refractivity contribution in [1.82, 2.24) is 10.2 Å². The molecular weight excluding hydrogens is 607 g/mol. The van der Waals surface area contributed by atoms with Crippen LogP contribution < -0.4 is 9.62 Å². The number of hydrogen-bond donors (Lipinski definition) is 1. The molecule has 1 N–H and O–H groups in total. The summed E-state index contributed by atoms with van der Waals surface area (Å²) in [5, 5.41) is 3.26. The highest BCUT2D eigenvalue weighted by molar-refractivity contribution is 7.92. The van der Waals surface area contributed by atoms with Crippen molar-refractivity contribution in [3.05, 3.63) is 131 Å². The molecule has 1 saturated carbocycles. The molecule has 1 aliphatic carbocycles. The minimum atomic E-state index is -4.14. The average Bonchev–Trinajstić information content (AvgIpc) is 3.10. The van der Waals surface area contributed by atoms with E-state index in [9.17, 15) is 18.0 Å². The maximum Gasteiger partial charge on any atom is 0.264 e. The van der Waals surface area contributed by atoms with E-state index in [4.69, 9.17) is 0 Å². The molecule has 0 aliphatic heterocycles. The van der Waals surface area contributed by atoms with Crippen LogP contribution in [0.15, 0.2) is 114 Å². The highest BCUT2D eigenvalue weighted by Gasteiger charge is 2.35. The summed E-state index contributed by atoms with van der Waals surface area (Å²) in [6.45, 7) is 3.66. The Kier molecular flexibility index (Phi) is 11.5. The monoisotopic (exact) mass is 651 g/mol. The Bertz CT molecular complexity index is 1720. The quantitative estimate of drug-likeness (QED) is 0.172. The van der Waals surface area contributed by atoms with E-state index in [0.717, 1.165) is 54.4 Å². The molecular formula is C39H45N3O4S. The Hall–Kier alpha value is -4.43. The van der Waals surface area contributed by atoms with Crippen LogP contribution in [0.4, 0.5) is 5.69 Å². The van der Waals surface area contributed by atoms with Gasteiger partial charge in [-0.1, -0.05) is 123 Å². The predicted molar refractivity (Wildman–Crippen MR) is 187 cm³/mol. The second-order valence-corrected chi connectivity index (χ2v) is 14.2. The standard InChI is InChI=1S/C39H45N3O4S/c1-3-33-17-13-14-22-36(33)42(47(45,46)35-20-11-6-12-21-35)29-38(43)41(28-32-25-23-30(2)24-26-32)37(27-31-15-7-4-8-16-31)39(44)40-34-18-9-5-10-19-34/h4,6-8,11-17,20-26,34,37H,3,5,9-10,18-19,27-29H2,1-2H3,(H,40,44)/t37-/m0/s1. The van der Waals surface area contributed by atoms with Gasteiger partial charge in [0.15, 0.2) is 0 Å². The summed E-state index contributed by atoms with van der Waals surface area (Å²) >= 11 is 0. The SMILES string of the molecule is CCc1ccccc1N(CC(=O)N(Cc1ccc(C)cc1)[C@@H](Cc1ccccc1)C(=O)NC1CCCCC1)S(=O)(=O)c1ccccc1. The summed E-state index contributed by atoms with van der Waals surface area (Å²) in [5.74, 6) is -0.664. The normalized spacial score (nSPS) is 14.3. The molecule has 0 bridgehead atoms. The van der Waals surface area contributed by atoms with E-state index in [-0.39, 0.29) is 23.4 Å². The topological polar surface area (TPSA) is 86.8 Å². The van der Waals surface area contributed by atoms with Crippen molar-refractivity contribution >= 4 is 27.5 Å². The van der Waals surface area contributed by atoms with Crippen molar-refractivity contribution in [3.63, 3.8) is 0 Å². The number of aryl methyl sites for hydroxylation is 2. The fourth-order valence-electron chi connectivity index (χ4n) is 6.27. The van der Waals surface area contributed by atoms with Gasteiger partial charge >= 0.3 is 0 Å². The van der Waals surface area contributed by atoms with Gasteiger partial charge in [0.05, 0.1) is 10.6 Å². The summed E-state index contributed by atoms with van der Waals surface area (Å²) in [6.07, 6.45) is 5.97. The van der Waals surface area contributed by atoms with Gasteiger partial charge in [-0.3, -0.25) is 13.9 Å². The fourth-order valence-corrected chi connectivity index (χ4v) is 7.75. The van der Waals surface area contributed by atoms with Gasteiger partial charge in [0, 0.05) is 19.0 Å². The Balaban J connectivity index is 1.57. The van der Waals surface area contributed by atoms with E-state index >= 15 is 0 Å². The molecule has 246 valence electrons. The summed E-state index contributed by atoms with van der Waals surface area (Å²) < 4.78 is 29.8. The first-order valence-corrected chi connectivity index (χ1v) is 18.0. The Morgan fingerprint density at radius 3 is 2.06 bits per heavy atom. The van der Waals surface area contributed by atoms with Crippen molar-refractivity contribution < 1.29 is 18.0 Å². The van der Waals surface area contributed by atoms with Crippen LogP contribution in [0.2, 0.25) is 0 Å². The molecule has 7 nitrogen and oxygen atoms in total. The maximum atomic E-state index is 14.7. The van der Waals surface area contributed by atoms with Crippen molar-refractivity contribution in [2.45, 2.75) is 82.3 Å². The second kappa shape index (κ2) is 15.9. The number of carbonyl (C=O) groups excluding carboxylic acids is 2. The third-order valence-electron chi connectivity index (χ3n) is 8.95. The molecule has 8 heteroatoms. The average molecular weight is 652 g/mol. The number of amides is 2. The van der Waals surface area contributed by atoms with Crippen molar-refractivity contribution in [3.8, 4) is 0 Å². The minimum Gasteiger partial charge on any atom is -0.352 e. The van der Waals surface area contributed by atoms with Gasteiger partial charge in [0.2, 0.25) is 11.8 Å². The molecule has 0 radical (unpaired) electrons. The molecule has 0 unspecified atom stereocenters. The lowest BCUT2D eigenvalue weighted by Gasteiger charge is -2.35. The largest absolute Gasteiger partial charge is 0.352 e. The van der Waals surface area contributed by atoms with Crippen molar-refractivity contribution in [2.24, 2.45) is 0 Å². The zero-order chi connectivity index (χ0) is 33.2. The predicted octanol–water partition coefficient (Wildman–Crippen LogP) is 6.84. The molecule has 2 amide bonds. The first-order valence-electron chi connectivity index (χ1n) is 16.6. The van der Waals surface area contributed by atoms with Crippen LogP contribution >= 0.6 is 0 Å². The van der Waals surface area contributed by atoms with Crippen molar-refractivity contribution in [2.75, 3.05) is 10.8 Å². The minimum absolute atomic E-state index is 0.0530. The second-order valence-electron chi connectivity index (χ2n) is 12.4. The number of hydrogen-bond acceptors (Lipinski definition) is 4. The van der Waals surface area contributed by atoms with E-state index in [1.807, 2.05) is 80.6 Å². The summed E-state index contributed by atoms with van der Waals surface area (Å²) in [6, 6.07) is 32.2. The first-order chi connectivity index (χ1) is 22.8. The molecule has 4 aromatic rings. The highest BCUT2D eigenvalue weighted by atomic mass is 32.2. The lowest BCUT2D eigenvalue weighted by Crippen LogP contribution is -2.55. The van der Waals surface area contributed by atoms with Crippen LogP contribution in [0.3, 0.4) is 0 Å². The number of benzene rings is 4. The van der Waals surface area contributed by atoms with Gasteiger partial charge in [-0.15, -0.1) is 0 Å². The van der Waals surface area contributed by atoms with Gasteiger partial charge in [0.1, 0.15) is 12.6 Å². The fraction of sp³-hybridized carbons (Fsp3) is 0.333. The van der Waals surface area contributed by atoms with E-state index in [1.165, 1.54) is 4.31 Å². The number of nitrogens with one attached hydrogen (secondary N) is 1. The smallest absolute Gasteiger partial charge is 0.264 e. The third-order valence-corrected chi connectivity index (χ3v) is 10.7. The summed E-state index contributed by atoms with van der Waals surface area (Å²) in [4.78, 5) is 30.7. The van der Waals surface area contributed by atoms with Crippen LogP contribution in [-0.2, 0) is 39.0 Å². The Morgan fingerprint density at radius 2 is 1.40 bits per heavy atom. The molecule has 5 rings (SSSR count). The molecule has 1 fully saturated rings. The van der Waals surface area contributed by atoms with E-state index < -0.39 is 28.5 Å². The van der Waals surface area contributed by atoms with Crippen molar-refractivity contribution in [1.29, 1.82) is 0 Å². The van der Waals surface area contributed by atoms with Gasteiger partial charge in [-0.25, -0.2) is 8.42 Å². The van der Waals surface area contributed by atoms with Crippen LogP contribution in [-0.4, -0.2) is 43.8 Å². The number of para-hydroxylation sites is 1. The zero-order valence-corrected chi connectivity index (χ0v) is 28.2. The van der Waals surface area contributed by atoms with Crippen LogP contribution in [0.5, 0.6) is 0 Å². The van der Waals surface area contributed by atoms with E-state index in [0.29, 0.717) is 18.5 Å². The Morgan fingerprint density at radius 1 is 0.787 bits per heavy atom. The lowest BCUT2D eigenvalue weighted by molar-refractivity contribution is -0.140. The van der Waals surface area contributed by atoms with Crippen LogP contribution in [0, 0.1) is 6.92 Å². The van der Waals surface area contributed by atoms with Crippen LogP contribution in [0.25, 0.3) is 0 Å². The highest BCUT2D eigenvalue weighted by Crippen LogP contribution is 2.29. The molecule has 4 aromatic carbocycles. The van der Waals surface area contributed by atoms with Gasteiger partial charge in [-0.05, 0) is 61.1 Å². The number of nitrogens with zero attached hydrogens (tertiary/aromatic N) is 2. The van der Waals surface area contributed by atoms with Gasteiger partial charge < -0.3 is 10.2 Å². The molecule has 1 atom stereocenters. The molecule has 0 spiro atoms. The first kappa shape index (κ1) is 33.9. The van der Waals surface area contributed by atoms with Crippen LogP contribution in [0.1, 0.15) is 61.3 Å². The summed E-state index contributed by atoms with van der Waals surface area (Å²) in [5.41, 5.74) is 4.12. The molecule has 0 heterocycles. The van der Waals surface area contributed by atoms with Gasteiger partial charge in [0.25, 0.3) is 10.0 Å². The van der Waals surface area contributed by atoms with E-state index in [1.54, 1.807) is 47.4 Å². The lowest BCUT2D eigenvalue weighted by atomic mass is 9.94. The number of sulfonamides is 1. The number of anilines is 1. The van der Waals surface area contributed by atoms with E-state index in [2.05, 4.69) is 5.32 Å². The summed E-state index contributed by atoms with van der Waals surface area (Å²) in [7, 11) is -4.14. The zero-order valence-electron chi connectivity index (χ0n) is 27.3. The number of carbonyl (C=O) groups is 2. The molecule has 47 heavy (non-hydrogen) atoms. The molecule has 0 saturated heterocycles. The Labute approximate surface area is 279 Å². The maximum absolute atomic E-state index is 14.7. The van der Waals surface area contributed by atoms with Gasteiger partial charge in [-0.2, -0.15) is 0 Å². The third kappa shape index (κ3) is 8.69.